The minimum Gasteiger partial charge on any atom is -0.383 e. The molecule has 1 aliphatic heterocycles. The van der Waals surface area contributed by atoms with Crippen molar-refractivity contribution in [1.82, 2.24) is 5.32 Å². The molecule has 3 N–H and O–H groups in total. The van der Waals surface area contributed by atoms with Crippen LogP contribution >= 0.6 is 0 Å². The van der Waals surface area contributed by atoms with E-state index in [1.807, 2.05) is 13.0 Å². The number of nitrogens with two attached hydrogens (primary N) is 1. The minimum atomic E-state index is -0.422. The number of nitrogens with zero attached hydrogens (tertiary/aromatic N) is 1. The molecule has 1 amide bonds. The van der Waals surface area contributed by atoms with Crippen molar-refractivity contribution in [2.24, 2.45) is 16.6 Å². The molecular weight excluding hydrogens is 254 g/mol. The molecule has 1 aliphatic rings. The van der Waals surface area contributed by atoms with E-state index in [-0.39, 0.29) is 0 Å². The Morgan fingerprint density at radius 3 is 2.85 bits per heavy atom. The highest BCUT2D eigenvalue weighted by molar-refractivity contribution is 6.20. The first kappa shape index (κ1) is 16.4. The third-order valence-corrected chi connectivity index (χ3v) is 3.49. The van der Waals surface area contributed by atoms with Crippen molar-refractivity contribution in [3.05, 3.63) is 23.0 Å². The van der Waals surface area contributed by atoms with Gasteiger partial charge in [-0.1, -0.05) is 19.9 Å². The topological polar surface area (TPSA) is 76.7 Å². The second-order valence-electron chi connectivity index (χ2n) is 4.96. The molecule has 112 valence electrons. The van der Waals surface area contributed by atoms with Crippen molar-refractivity contribution in [1.29, 1.82) is 0 Å². The standard InChI is InChI=1S/C15H25N3O2/c1-5-12-10(2)6-7-13(14(16)19)11(3)18-15(12)17-8-9-20-4/h7,10,17H,5-6,8-9H2,1-4H3,(H2,16,19)/b13-7-,15-12-,18-11-. The van der Waals surface area contributed by atoms with E-state index in [1.54, 1.807) is 7.11 Å². The van der Waals surface area contributed by atoms with E-state index >= 15 is 0 Å². The van der Waals surface area contributed by atoms with Crippen LogP contribution < -0.4 is 11.1 Å². The number of carbonyl (C=O) groups is 1. The summed E-state index contributed by atoms with van der Waals surface area (Å²) in [6, 6.07) is 0. The Morgan fingerprint density at radius 1 is 1.60 bits per heavy atom. The zero-order valence-electron chi connectivity index (χ0n) is 12.8. The predicted molar refractivity (Wildman–Crippen MR) is 81.4 cm³/mol. The SMILES string of the molecule is CC/C1=C(NCCOC)/N=C(C)\C(C(N)=O)=C\CC1C. The molecular formula is C15H25N3O2. The average Bonchev–Trinajstić information content (AvgIpc) is 2.37. The van der Waals surface area contributed by atoms with Gasteiger partial charge in [-0.05, 0) is 31.3 Å². The maximum atomic E-state index is 11.5. The summed E-state index contributed by atoms with van der Waals surface area (Å²) in [5.74, 6) is 0.757. The molecule has 0 radical (unpaired) electrons. The highest BCUT2D eigenvalue weighted by atomic mass is 16.5. The molecule has 1 atom stereocenters. The second kappa shape index (κ2) is 7.85. The van der Waals surface area contributed by atoms with Crippen LogP contribution in [0.3, 0.4) is 0 Å². The van der Waals surface area contributed by atoms with Crippen LogP contribution in [0, 0.1) is 5.92 Å². The zero-order chi connectivity index (χ0) is 15.1. The zero-order valence-corrected chi connectivity index (χ0v) is 12.8. The van der Waals surface area contributed by atoms with Gasteiger partial charge in [0.15, 0.2) is 0 Å². The predicted octanol–water partition coefficient (Wildman–Crippen LogP) is 1.76. The number of aliphatic imine (C=N–C) groups is 1. The number of allylic oxidation sites excluding steroid dienone is 2. The first-order valence-electron chi connectivity index (χ1n) is 7.02. The quantitative estimate of drug-likeness (QED) is 0.727. The van der Waals surface area contributed by atoms with Crippen molar-refractivity contribution >= 4 is 11.6 Å². The molecule has 0 saturated carbocycles. The summed E-state index contributed by atoms with van der Waals surface area (Å²) >= 11 is 0. The number of carbonyl (C=O) groups excluding carboxylic acids is 1. The molecule has 5 nitrogen and oxygen atoms in total. The van der Waals surface area contributed by atoms with E-state index in [0.717, 1.165) is 18.7 Å². The number of hydrogen-bond acceptors (Lipinski definition) is 4. The summed E-state index contributed by atoms with van der Waals surface area (Å²) in [7, 11) is 1.67. The van der Waals surface area contributed by atoms with Gasteiger partial charge in [0.2, 0.25) is 5.91 Å². The summed E-state index contributed by atoms with van der Waals surface area (Å²) in [5.41, 5.74) is 7.85. The number of primary amides is 1. The number of amides is 1. The average molecular weight is 279 g/mol. The van der Waals surface area contributed by atoms with Crippen LogP contribution in [-0.2, 0) is 9.53 Å². The van der Waals surface area contributed by atoms with Crippen LogP contribution in [0.25, 0.3) is 0 Å². The van der Waals surface area contributed by atoms with E-state index < -0.39 is 5.91 Å². The van der Waals surface area contributed by atoms with Crippen LogP contribution in [0.15, 0.2) is 28.0 Å². The largest absolute Gasteiger partial charge is 0.383 e. The van der Waals surface area contributed by atoms with Gasteiger partial charge in [0.05, 0.1) is 17.9 Å². The Labute approximate surface area is 121 Å². The number of rotatable bonds is 6. The molecule has 1 unspecified atom stereocenters. The molecule has 0 fully saturated rings. The second-order valence-corrected chi connectivity index (χ2v) is 4.96. The molecule has 5 heteroatoms. The summed E-state index contributed by atoms with van der Waals surface area (Å²) in [6.07, 6.45) is 3.62. The van der Waals surface area contributed by atoms with Crippen LogP contribution in [0.2, 0.25) is 0 Å². The van der Waals surface area contributed by atoms with Gasteiger partial charge in [0, 0.05) is 13.7 Å². The molecule has 0 aliphatic carbocycles. The van der Waals surface area contributed by atoms with Crippen molar-refractivity contribution < 1.29 is 9.53 Å². The molecule has 0 aromatic heterocycles. The normalized spacial score (nSPS) is 28.7. The number of methoxy groups -OCH3 is 1. The summed E-state index contributed by atoms with van der Waals surface area (Å²) in [5, 5.41) is 3.30. The van der Waals surface area contributed by atoms with Crippen LogP contribution in [-0.4, -0.2) is 31.9 Å². The summed E-state index contributed by atoms with van der Waals surface area (Å²) < 4.78 is 5.05. The van der Waals surface area contributed by atoms with E-state index in [4.69, 9.17) is 10.5 Å². The van der Waals surface area contributed by atoms with E-state index in [9.17, 15) is 4.79 Å². The first-order valence-corrected chi connectivity index (χ1v) is 7.02. The van der Waals surface area contributed by atoms with Crippen molar-refractivity contribution in [3.63, 3.8) is 0 Å². The van der Waals surface area contributed by atoms with Gasteiger partial charge in [0.25, 0.3) is 0 Å². The summed E-state index contributed by atoms with van der Waals surface area (Å²) in [4.78, 5) is 16.0. The van der Waals surface area contributed by atoms with Gasteiger partial charge < -0.3 is 15.8 Å². The maximum absolute atomic E-state index is 11.5. The fourth-order valence-corrected chi connectivity index (χ4v) is 2.34. The first-order chi connectivity index (χ1) is 9.51. The maximum Gasteiger partial charge on any atom is 0.250 e. The van der Waals surface area contributed by atoms with Crippen molar-refractivity contribution in [3.8, 4) is 0 Å². The Morgan fingerprint density at radius 2 is 2.30 bits per heavy atom. The lowest BCUT2D eigenvalue weighted by atomic mass is 9.92. The Bertz CT molecular complexity index is 450. The Balaban J connectivity index is 3.12. The van der Waals surface area contributed by atoms with Crippen LogP contribution in [0.1, 0.15) is 33.6 Å². The molecule has 0 aromatic rings. The number of hydrogen-bond donors (Lipinski definition) is 2. The minimum absolute atomic E-state index is 0.330. The van der Waals surface area contributed by atoms with Crippen LogP contribution in [0.4, 0.5) is 0 Å². The fraction of sp³-hybridized carbons (Fsp3) is 0.600. The smallest absolute Gasteiger partial charge is 0.250 e. The summed E-state index contributed by atoms with van der Waals surface area (Å²) in [6.45, 7) is 7.38. The lowest BCUT2D eigenvalue weighted by Gasteiger charge is -2.21. The van der Waals surface area contributed by atoms with Crippen molar-refractivity contribution in [2.75, 3.05) is 20.3 Å². The van der Waals surface area contributed by atoms with Gasteiger partial charge >= 0.3 is 0 Å². The molecule has 1 heterocycles. The van der Waals surface area contributed by atoms with Gasteiger partial charge in [-0.2, -0.15) is 0 Å². The van der Waals surface area contributed by atoms with Crippen LogP contribution in [0.5, 0.6) is 0 Å². The number of ether oxygens (including phenoxy) is 1. The highest BCUT2D eigenvalue weighted by Gasteiger charge is 2.18. The Kier molecular flexibility index (Phi) is 6.45. The third-order valence-electron chi connectivity index (χ3n) is 3.49. The molecule has 1 rings (SSSR count). The molecule has 0 bridgehead atoms. The molecule has 20 heavy (non-hydrogen) atoms. The highest BCUT2D eigenvalue weighted by Crippen LogP contribution is 2.25. The van der Waals surface area contributed by atoms with E-state index in [1.165, 1.54) is 5.57 Å². The Hall–Kier alpha value is -1.62. The van der Waals surface area contributed by atoms with Crippen molar-refractivity contribution in [2.45, 2.75) is 33.6 Å². The lowest BCUT2D eigenvalue weighted by Crippen LogP contribution is -2.25. The fourth-order valence-electron chi connectivity index (χ4n) is 2.34. The van der Waals surface area contributed by atoms with Gasteiger partial charge in [-0.15, -0.1) is 0 Å². The van der Waals surface area contributed by atoms with Gasteiger partial charge in [-0.3, -0.25) is 4.79 Å². The monoisotopic (exact) mass is 279 g/mol. The lowest BCUT2D eigenvalue weighted by molar-refractivity contribution is -0.114. The third kappa shape index (κ3) is 4.20. The van der Waals surface area contributed by atoms with Gasteiger partial charge in [0.1, 0.15) is 5.82 Å². The number of nitrogens with one attached hydrogen (secondary N) is 1. The van der Waals surface area contributed by atoms with E-state index in [0.29, 0.717) is 30.4 Å². The molecule has 0 aromatic carbocycles. The molecule has 0 spiro atoms. The molecule has 0 saturated heterocycles. The van der Waals surface area contributed by atoms with Gasteiger partial charge in [-0.25, -0.2) is 4.99 Å². The van der Waals surface area contributed by atoms with E-state index in [2.05, 4.69) is 24.2 Å².